The van der Waals surface area contributed by atoms with Crippen molar-refractivity contribution >= 4 is 44.4 Å². The number of benzene rings is 8. The number of carbonyl (C=O) groups is 1. The molecule has 8 aromatic rings. The molecule has 2 aliphatic carbocycles. The van der Waals surface area contributed by atoms with E-state index in [2.05, 4.69) is 78.4 Å². The number of ether oxygens (including phenoxy) is 3. The normalized spacial score (nSPS) is 17.0. The molecule has 1 heterocycles. The molecular formula is C66H60BrF2NO4. The monoisotopic (exact) mass is 1050 g/mol. The molecule has 5 nitrogen and oxygen atoms in total. The number of halogens is 3. The van der Waals surface area contributed by atoms with Gasteiger partial charge in [-0.3, -0.25) is 4.79 Å². The first-order valence-electron chi connectivity index (χ1n) is 26.0. The molecule has 8 heteroatoms. The van der Waals surface area contributed by atoms with Crippen molar-refractivity contribution in [1.82, 2.24) is 0 Å². The third-order valence-electron chi connectivity index (χ3n) is 16.1. The van der Waals surface area contributed by atoms with Gasteiger partial charge in [0.15, 0.2) is 5.60 Å². The van der Waals surface area contributed by atoms with Crippen LogP contribution in [0.2, 0.25) is 0 Å². The Morgan fingerprint density at radius 2 is 1.30 bits per heavy atom. The molecule has 374 valence electrons. The largest absolute Gasteiger partial charge is 0.497 e. The summed E-state index contributed by atoms with van der Waals surface area (Å²) in [7, 11) is 3.24. The molecule has 8 aromatic carbocycles. The molecule has 1 fully saturated rings. The minimum absolute atomic E-state index is 0.193. The van der Waals surface area contributed by atoms with Crippen molar-refractivity contribution in [2.75, 3.05) is 19.5 Å². The Morgan fingerprint density at radius 3 is 1.91 bits per heavy atom. The second kappa shape index (κ2) is 20.0. The first-order valence-corrected chi connectivity index (χ1v) is 26.8. The number of unbranched alkanes of at least 4 members (excludes halogenated alkanes) is 2. The molecule has 0 unspecified atom stereocenters. The number of amides is 1. The predicted molar refractivity (Wildman–Crippen MR) is 300 cm³/mol. The third kappa shape index (κ3) is 8.89. The van der Waals surface area contributed by atoms with Crippen LogP contribution in [-0.4, -0.2) is 20.1 Å². The van der Waals surface area contributed by atoms with Crippen LogP contribution in [0.1, 0.15) is 122 Å². The molecule has 1 saturated carbocycles. The van der Waals surface area contributed by atoms with Gasteiger partial charge in [-0.2, -0.15) is 0 Å². The molecule has 1 N–H and O–H groups in total. The van der Waals surface area contributed by atoms with Crippen molar-refractivity contribution in [2.24, 2.45) is 5.92 Å². The predicted octanol–water partition coefficient (Wildman–Crippen LogP) is 18.0. The highest BCUT2D eigenvalue weighted by Gasteiger charge is 2.46. The lowest BCUT2D eigenvalue weighted by atomic mass is 9.76. The first-order chi connectivity index (χ1) is 35.9. The summed E-state index contributed by atoms with van der Waals surface area (Å²) < 4.78 is 51.6. The summed E-state index contributed by atoms with van der Waals surface area (Å²) in [5, 5.41) is 3.70. The SMILES string of the molecule is CCCCC[C@H]1CC[C@H](c2ccc(-c3ccc(C(=O)Nc4ccc(-c5cc(Br)c6c(c5)-c5c(c7c(c8c(F)cc(F)cc58)OC(c5ccc(OC)cc5)(c5ccc(OC)cc5)C=C7)C6(C)C)cc4)cc3)cc2)CC1. The Hall–Kier alpha value is -7.03. The smallest absolute Gasteiger partial charge is 0.255 e. The Balaban J connectivity index is 0.864. The van der Waals surface area contributed by atoms with Gasteiger partial charge in [-0.05, 0) is 166 Å². The van der Waals surface area contributed by atoms with Crippen molar-refractivity contribution in [2.45, 2.75) is 89.1 Å². The standard InChI is InChI=1S/C66H60BrF2NO4/c1-6-7-8-9-40-10-12-41(13-11-40)42-14-16-43(17-15-42)44-18-20-46(21-19-44)64(71)70-51-28-22-45(23-29-51)47-36-56-59-55-38-50(68)39-58(69)60(55)63-54(62(59)65(2,3)61(56)57(67)37-47)34-35-66(74-63,48-24-30-52(72-4)31-25-48)49-26-32-53(73-5)33-27-49/h14-41H,6-13H2,1-5H3,(H,70,71)/t40-,41-. The number of fused-ring (bicyclic) bond motifs is 8. The van der Waals surface area contributed by atoms with E-state index in [1.54, 1.807) is 14.2 Å². The van der Waals surface area contributed by atoms with Crippen LogP contribution < -0.4 is 19.5 Å². The van der Waals surface area contributed by atoms with Crippen molar-refractivity contribution < 1.29 is 27.8 Å². The minimum Gasteiger partial charge on any atom is -0.497 e. The quantitative estimate of drug-likeness (QED) is 0.117. The zero-order valence-corrected chi connectivity index (χ0v) is 44.2. The summed E-state index contributed by atoms with van der Waals surface area (Å²) in [5.41, 5.74) is 10.8. The molecule has 74 heavy (non-hydrogen) atoms. The molecule has 0 aromatic heterocycles. The van der Waals surface area contributed by atoms with Crippen molar-refractivity contribution in [3.63, 3.8) is 0 Å². The van der Waals surface area contributed by atoms with E-state index in [1.165, 1.54) is 63.0 Å². The van der Waals surface area contributed by atoms with Gasteiger partial charge in [0.2, 0.25) is 0 Å². The summed E-state index contributed by atoms with van der Waals surface area (Å²) in [6.07, 6.45) is 14.7. The van der Waals surface area contributed by atoms with Gasteiger partial charge in [0.05, 0.1) is 19.6 Å². The van der Waals surface area contributed by atoms with Gasteiger partial charge in [-0.1, -0.05) is 141 Å². The van der Waals surface area contributed by atoms with Crippen LogP contribution in [0.5, 0.6) is 17.2 Å². The van der Waals surface area contributed by atoms with Crippen LogP contribution in [-0.2, 0) is 11.0 Å². The maximum absolute atomic E-state index is 16.8. The van der Waals surface area contributed by atoms with Gasteiger partial charge >= 0.3 is 0 Å². The van der Waals surface area contributed by atoms with Gasteiger partial charge in [0.1, 0.15) is 28.9 Å². The van der Waals surface area contributed by atoms with E-state index in [-0.39, 0.29) is 11.3 Å². The molecule has 0 spiro atoms. The van der Waals surface area contributed by atoms with Crippen LogP contribution in [0, 0.1) is 17.6 Å². The van der Waals surface area contributed by atoms with Crippen LogP contribution in [0.25, 0.3) is 50.2 Å². The Morgan fingerprint density at radius 1 is 0.703 bits per heavy atom. The van der Waals surface area contributed by atoms with Gasteiger partial charge in [0, 0.05) is 43.9 Å². The van der Waals surface area contributed by atoms with Gasteiger partial charge in [-0.15, -0.1) is 0 Å². The average molecular weight is 1050 g/mol. The van der Waals surface area contributed by atoms with Crippen molar-refractivity contribution in [3.05, 3.63) is 207 Å². The molecule has 3 aliphatic rings. The summed E-state index contributed by atoms with van der Waals surface area (Å²) in [6.45, 7) is 6.58. The highest BCUT2D eigenvalue weighted by atomic mass is 79.9. The number of methoxy groups -OCH3 is 2. The third-order valence-corrected chi connectivity index (χ3v) is 16.7. The van der Waals surface area contributed by atoms with E-state index >= 15 is 8.78 Å². The minimum atomic E-state index is -1.19. The summed E-state index contributed by atoms with van der Waals surface area (Å²) in [4.78, 5) is 13.6. The number of carbonyl (C=O) groups excluding carboxylic acids is 1. The Kier molecular flexibility index (Phi) is 13.3. The Bertz CT molecular complexity index is 3380. The zero-order chi connectivity index (χ0) is 51.3. The van der Waals surface area contributed by atoms with E-state index in [4.69, 9.17) is 14.2 Å². The van der Waals surface area contributed by atoms with Gasteiger partial charge < -0.3 is 19.5 Å². The molecule has 1 aliphatic heterocycles. The molecule has 0 saturated heterocycles. The maximum Gasteiger partial charge on any atom is 0.255 e. The van der Waals surface area contributed by atoms with Gasteiger partial charge in [-0.25, -0.2) is 8.78 Å². The number of anilines is 1. The summed E-state index contributed by atoms with van der Waals surface area (Å²) in [6, 6.07) is 46.4. The number of hydrogen-bond donors (Lipinski definition) is 1. The van der Waals surface area contributed by atoms with Crippen molar-refractivity contribution in [1.29, 1.82) is 0 Å². The molecule has 0 bridgehead atoms. The number of rotatable bonds is 13. The van der Waals surface area contributed by atoms with Crippen LogP contribution in [0.15, 0.2) is 156 Å². The van der Waals surface area contributed by atoms with E-state index in [0.717, 1.165) is 77.7 Å². The maximum atomic E-state index is 16.8. The van der Waals surface area contributed by atoms with Crippen molar-refractivity contribution in [3.8, 4) is 50.6 Å². The number of hydrogen-bond acceptors (Lipinski definition) is 4. The zero-order valence-electron chi connectivity index (χ0n) is 42.6. The van der Waals surface area contributed by atoms with E-state index < -0.39 is 22.7 Å². The lowest BCUT2D eigenvalue weighted by Gasteiger charge is -2.38. The van der Waals surface area contributed by atoms with Crippen LogP contribution >= 0.6 is 15.9 Å². The highest BCUT2D eigenvalue weighted by molar-refractivity contribution is 9.10. The topological polar surface area (TPSA) is 56.8 Å². The van der Waals surface area contributed by atoms with Gasteiger partial charge in [0.25, 0.3) is 5.91 Å². The summed E-state index contributed by atoms with van der Waals surface area (Å²) in [5.74, 6) is 1.66. The van der Waals surface area contributed by atoms with E-state index in [1.807, 2.05) is 109 Å². The molecule has 0 radical (unpaired) electrons. The fraction of sp³-hybridized carbons (Fsp3) is 0.258. The van der Waals surface area contributed by atoms with E-state index in [0.29, 0.717) is 39.8 Å². The lowest BCUT2D eigenvalue weighted by Crippen LogP contribution is -2.35. The van der Waals surface area contributed by atoms with Crippen LogP contribution in [0.3, 0.4) is 0 Å². The van der Waals surface area contributed by atoms with E-state index in [9.17, 15) is 4.79 Å². The highest BCUT2D eigenvalue weighted by Crippen LogP contribution is 2.60. The fourth-order valence-corrected chi connectivity index (χ4v) is 13.1. The lowest BCUT2D eigenvalue weighted by molar-refractivity contribution is 0.102. The molecular weight excluding hydrogens is 989 g/mol. The molecule has 0 atom stereocenters. The second-order valence-corrected chi connectivity index (χ2v) is 21.7. The first kappa shape index (κ1) is 49.2. The summed E-state index contributed by atoms with van der Waals surface area (Å²) >= 11 is 3.97. The second-order valence-electron chi connectivity index (χ2n) is 20.9. The fourth-order valence-electron chi connectivity index (χ4n) is 12.2. The molecule has 1 amide bonds. The van der Waals surface area contributed by atoms with Crippen LogP contribution in [0.4, 0.5) is 14.5 Å². The Labute approximate surface area is 441 Å². The average Bonchev–Trinajstić information content (AvgIpc) is 3.68. The molecule has 11 rings (SSSR count). The number of nitrogens with one attached hydrogen (secondary N) is 1.